The molecule has 32 heavy (non-hydrogen) atoms. The minimum absolute atomic E-state index is 0.261. The number of anilines is 1. The van der Waals surface area contributed by atoms with Crippen LogP contribution in [-0.2, 0) is 19.5 Å². The molecule has 5 rings (SSSR count). The molecule has 0 radical (unpaired) electrons. The molecule has 3 heterocycles. The SMILES string of the molecule is CSc1nc(N/N=C\c2ccc(F)cc2)c2c3c(sc2n1)CN(Cc1ccccc1)CC3. The minimum Gasteiger partial charge on any atom is -0.294 e. The molecule has 1 aliphatic rings. The van der Waals surface area contributed by atoms with E-state index in [1.807, 2.05) is 6.26 Å². The molecule has 0 fully saturated rings. The lowest BCUT2D eigenvalue weighted by molar-refractivity contribution is 0.249. The summed E-state index contributed by atoms with van der Waals surface area (Å²) in [5.74, 6) is 0.468. The Bertz CT molecular complexity index is 1260. The van der Waals surface area contributed by atoms with E-state index in [4.69, 9.17) is 9.97 Å². The Balaban J connectivity index is 1.42. The van der Waals surface area contributed by atoms with Gasteiger partial charge in [-0.3, -0.25) is 10.3 Å². The average Bonchev–Trinajstić information content (AvgIpc) is 3.18. The number of benzene rings is 2. The van der Waals surface area contributed by atoms with Crippen LogP contribution in [0.2, 0.25) is 0 Å². The van der Waals surface area contributed by atoms with Gasteiger partial charge >= 0.3 is 0 Å². The fourth-order valence-corrected chi connectivity index (χ4v) is 5.58. The first kappa shape index (κ1) is 21.1. The van der Waals surface area contributed by atoms with Crippen molar-refractivity contribution in [2.75, 3.05) is 18.2 Å². The third kappa shape index (κ3) is 4.53. The van der Waals surface area contributed by atoms with E-state index in [1.165, 1.54) is 39.9 Å². The lowest BCUT2D eigenvalue weighted by Crippen LogP contribution is -2.29. The molecule has 0 unspecified atom stereocenters. The average molecular weight is 464 g/mol. The molecule has 0 atom stereocenters. The summed E-state index contributed by atoms with van der Waals surface area (Å²) in [6.07, 6.45) is 4.61. The van der Waals surface area contributed by atoms with Crippen LogP contribution in [0.3, 0.4) is 0 Å². The van der Waals surface area contributed by atoms with E-state index in [0.717, 1.165) is 52.8 Å². The van der Waals surface area contributed by atoms with E-state index in [-0.39, 0.29) is 5.82 Å². The van der Waals surface area contributed by atoms with Gasteiger partial charge in [-0.2, -0.15) is 5.10 Å². The first-order valence-electron chi connectivity index (χ1n) is 10.4. The Morgan fingerprint density at radius 2 is 1.97 bits per heavy atom. The van der Waals surface area contributed by atoms with Crippen molar-refractivity contribution in [1.82, 2.24) is 14.9 Å². The Hall–Kier alpha value is -2.81. The third-order valence-electron chi connectivity index (χ3n) is 5.44. The molecule has 8 heteroatoms. The summed E-state index contributed by atoms with van der Waals surface area (Å²) in [6.45, 7) is 2.86. The molecule has 0 bridgehead atoms. The summed E-state index contributed by atoms with van der Waals surface area (Å²) in [7, 11) is 0. The smallest absolute Gasteiger partial charge is 0.190 e. The molecule has 4 aromatic rings. The van der Waals surface area contributed by atoms with Gasteiger partial charge in [-0.15, -0.1) is 11.3 Å². The predicted octanol–water partition coefficient (Wildman–Crippen LogP) is 5.56. The Morgan fingerprint density at radius 1 is 1.16 bits per heavy atom. The predicted molar refractivity (Wildman–Crippen MR) is 131 cm³/mol. The molecule has 1 N–H and O–H groups in total. The highest BCUT2D eigenvalue weighted by molar-refractivity contribution is 7.98. The number of nitrogens with zero attached hydrogens (tertiary/aromatic N) is 4. The van der Waals surface area contributed by atoms with E-state index >= 15 is 0 Å². The largest absolute Gasteiger partial charge is 0.294 e. The van der Waals surface area contributed by atoms with Crippen molar-refractivity contribution >= 4 is 45.3 Å². The highest BCUT2D eigenvalue weighted by atomic mass is 32.2. The molecule has 0 saturated heterocycles. The zero-order valence-electron chi connectivity index (χ0n) is 17.6. The van der Waals surface area contributed by atoms with Crippen molar-refractivity contribution < 1.29 is 4.39 Å². The fourth-order valence-electron chi connectivity index (χ4n) is 3.89. The van der Waals surface area contributed by atoms with Gasteiger partial charge in [0.1, 0.15) is 10.6 Å². The van der Waals surface area contributed by atoms with Crippen molar-refractivity contribution in [3.8, 4) is 0 Å². The van der Waals surface area contributed by atoms with Crippen LogP contribution >= 0.6 is 23.1 Å². The molecule has 1 aliphatic heterocycles. The van der Waals surface area contributed by atoms with Gasteiger partial charge in [0.15, 0.2) is 11.0 Å². The van der Waals surface area contributed by atoms with E-state index in [1.54, 1.807) is 29.7 Å². The number of hydrogen-bond acceptors (Lipinski definition) is 7. The molecular weight excluding hydrogens is 441 g/mol. The number of halogens is 1. The van der Waals surface area contributed by atoms with Crippen LogP contribution in [0.1, 0.15) is 21.6 Å². The molecule has 2 aromatic heterocycles. The Morgan fingerprint density at radius 3 is 2.75 bits per heavy atom. The molecule has 0 saturated carbocycles. The van der Waals surface area contributed by atoms with Crippen molar-refractivity contribution in [2.24, 2.45) is 5.10 Å². The van der Waals surface area contributed by atoms with Crippen molar-refractivity contribution in [1.29, 1.82) is 0 Å². The number of hydrogen-bond donors (Lipinski definition) is 1. The normalized spacial score (nSPS) is 14.2. The zero-order chi connectivity index (χ0) is 21.9. The number of rotatable bonds is 6. The van der Waals surface area contributed by atoms with E-state index < -0.39 is 0 Å². The van der Waals surface area contributed by atoms with Gasteiger partial charge in [-0.1, -0.05) is 54.2 Å². The van der Waals surface area contributed by atoms with Crippen LogP contribution in [0.5, 0.6) is 0 Å². The summed E-state index contributed by atoms with van der Waals surface area (Å²) < 4.78 is 13.1. The van der Waals surface area contributed by atoms with Gasteiger partial charge in [-0.05, 0) is 41.5 Å². The van der Waals surface area contributed by atoms with E-state index in [9.17, 15) is 4.39 Å². The molecule has 162 valence electrons. The lowest BCUT2D eigenvalue weighted by Gasteiger charge is -2.26. The lowest BCUT2D eigenvalue weighted by atomic mass is 10.0. The first-order valence-corrected chi connectivity index (χ1v) is 12.4. The summed E-state index contributed by atoms with van der Waals surface area (Å²) in [5, 5.41) is 6.15. The minimum atomic E-state index is -0.261. The van der Waals surface area contributed by atoms with E-state index in [2.05, 4.69) is 45.8 Å². The maximum atomic E-state index is 13.1. The van der Waals surface area contributed by atoms with Gasteiger partial charge in [0.2, 0.25) is 0 Å². The second-order valence-corrected chi connectivity index (χ2v) is 9.47. The van der Waals surface area contributed by atoms with Crippen molar-refractivity contribution in [2.45, 2.75) is 24.7 Å². The second kappa shape index (κ2) is 9.36. The topological polar surface area (TPSA) is 53.4 Å². The first-order chi connectivity index (χ1) is 15.7. The van der Waals surface area contributed by atoms with Crippen molar-refractivity contribution in [3.63, 3.8) is 0 Å². The van der Waals surface area contributed by atoms with Gasteiger partial charge in [0, 0.05) is 24.5 Å². The Kier molecular flexibility index (Phi) is 6.16. The maximum absolute atomic E-state index is 13.1. The molecule has 0 amide bonds. The Labute approximate surface area is 194 Å². The third-order valence-corrected chi connectivity index (χ3v) is 7.10. The number of aromatic nitrogens is 2. The monoisotopic (exact) mass is 463 g/mol. The second-order valence-electron chi connectivity index (χ2n) is 7.61. The standard InChI is InChI=1S/C24H22FN5S2/c1-31-24-27-22(29-26-13-16-7-9-18(25)10-8-16)21-19-11-12-30(14-17-5-3-2-4-6-17)15-20(19)32-23(21)28-24/h2-10,13H,11-12,14-15H2,1H3,(H,27,28,29)/b26-13-. The number of hydrazone groups is 1. The van der Waals surface area contributed by atoms with Crippen LogP contribution in [0.4, 0.5) is 10.2 Å². The zero-order valence-corrected chi connectivity index (χ0v) is 19.2. The van der Waals surface area contributed by atoms with Gasteiger partial charge in [0.05, 0.1) is 11.6 Å². The highest BCUT2D eigenvalue weighted by Gasteiger charge is 2.24. The van der Waals surface area contributed by atoms with Crippen molar-refractivity contribution in [3.05, 3.63) is 82.0 Å². The fraction of sp³-hybridized carbons (Fsp3) is 0.208. The van der Waals surface area contributed by atoms with Gasteiger partial charge in [-0.25, -0.2) is 14.4 Å². The molecule has 0 spiro atoms. The summed E-state index contributed by atoms with van der Waals surface area (Å²) in [4.78, 5) is 14.3. The van der Waals surface area contributed by atoms with Gasteiger partial charge < -0.3 is 0 Å². The number of fused-ring (bicyclic) bond motifs is 3. The number of thiophene rings is 1. The van der Waals surface area contributed by atoms with Crippen LogP contribution in [-0.4, -0.2) is 33.9 Å². The maximum Gasteiger partial charge on any atom is 0.190 e. The van der Waals surface area contributed by atoms with Crippen LogP contribution < -0.4 is 5.43 Å². The summed E-state index contributed by atoms with van der Waals surface area (Å²) >= 11 is 3.27. The quantitative estimate of drug-likeness (QED) is 0.176. The number of thioether (sulfide) groups is 1. The molecule has 2 aromatic carbocycles. The summed E-state index contributed by atoms with van der Waals surface area (Å²) in [5.41, 5.74) is 6.59. The van der Waals surface area contributed by atoms with Crippen LogP contribution in [0, 0.1) is 5.82 Å². The molecular formula is C24H22FN5S2. The van der Waals surface area contributed by atoms with Crippen LogP contribution in [0.15, 0.2) is 64.9 Å². The molecule has 5 nitrogen and oxygen atoms in total. The molecule has 0 aliphatic carbocycles. The highest BCUT2D eigenvalue weighted by Crippen LogP contribution is 2.38. The van der Waals surface area contributed by atoms with E-state index in [0.29, 0.717) is 0 Å². The summed E-state index contributed by atoms with van der Waals surface area (Å²) in [6, 6.07) is 16.8. The van der Waals surface area contributed by atoms with Gasteiger partial charge in [0.25, 0.3) is 0 Å². The number of nitrogens with one attached hydrogen (secondary N) is 1. The van der Waals surface area contributed by atoms with Crippen LogP contribution in [0.25, 0.3) is 10.2 Å².